The second-order valence-corrected chi connectivity index (χ2v) is 6.64. The molecule has 0 bridgehead atoms. The predicted molar refractivity (Wildman–Crippen MR) is 96.7 cm³/mol. The highest BCUT2D eigenvalue weighted by Crippen LogP contribution is 2.36. The lowest BCUT2D eigenvalue weighted by Gasteiger charge is -2.29. The molecule has 136 valence electrons. The highest BCUT2D eigenvalue weighted by Gasteiger charge is 2.45. The molecule has 0 spiro atoms. The maximum atomic E-state index is 12.6. The summed E-state index contributed by atoms with van der Waals surface area (Å²) in [6.07, 6.45) is 6.98. The van der Waals surface area contributed by atoms with E-state index in [0.29, 0.717) is 6.42 Å². The molecule has 1 atom stereocenters. The minimum atomic E-state index is -1.24. The summed E-state index contributed by atoms with van der Waals surface area (Å²) in [5.74, 6) is -0.724. The van der Waals surface area contributed by atoms with Gasteiger partial charge < -0.3 is 9.53 Å². The van der Waals surface area contributed by atoms with Gasteiger partial charge in [0.2, 0.25) is 0 Å². The summed E-state index contributed by atoms with van der Waals surface area (Å²) >= 11 is 0. The van der Waals surface area contributed by atoms with Crippen molar-refractivity contribution < 1.29 is 19.1 Å². The average Bonchev–Trinajstić information content (AvgIpc) is 2.53. The highest BCUT2D eigenvalue weighted by molar-refractivity contribution is 6.04. The van der Waals surface area contributed by atoms with Crippen molar-refractivity contribution in [3.63, 3.8) is 0 Å². The van der Waals surface area contributed by atoms with Gasteiger partial charge in [-0.1, -0.05) is 30.2 Å². The molecule has 0 aliphatic rings. The van der Waals surface area contributed by atoms with Crippen molar-refractivity contribution in [2.45, 2.75) is 73.1 Å². The Kier molecular flexibility index (Phi) is 10.2. The summed E-state index contributed by atoms with van der Waals surface area (Å²) in [5.41, 5.74) is 1.01. The molecule has 0 saturated carbocycles. The lowest BCUT2D eigenvalue weighted by molar-refractivity contribution is -0.158. The second kappa shape index (κ2) is 11.0. The van der Waals surface area contributed by atoms with Crippen molar-refractivity contribution in [1.82, 2.24) is 0 Å². The molecule has 0 heterocycles. The molecule has 0 aliphatic heterocycles. The van der Waals surface area contributed by atoms with E-state index < -0.39 is 11.4 Å². The third-order valence-electron chi connectivity index (χ3n) is 4.13. The molecule has 4 nitrogen and oxygen atoms in total. The van der Waals surface area contributed by atoms with E-state index >= 15 is 0 Å². The standard InChI is InChI=1S/C20H32O4/c1-7-18(22)20(19(23)24-6,13-12-17(5)21)14-16(4)11-9-8-10-15(2)3/h10-11H,7-9,12-14H2,1-6H3/b16-11+. The zero-order valence-corrected chi connectivity index (χ0v) is 16.0. The van der Waals surface area contributed by atoms with Gasteiger partial charge in [0.25, 0.3) is 0 Å². The molecule has 0 aromatic rings. The van der Waals surface area contributed by atoms with Crippen molar-refractivity contribution in [1.29, 1.82) is 0 Å². The monoisotopic (exact) mass is 336 g/mol. The Balaban J connectivity index is 5.38. The van der Waals surface area contributed by atoms with Gasteiger partial charge in [-0.3, -0.25) is 9.59 Å². The first-order chi connectivity index (χ1) is 11.2. The maximum Gasteiger partial charge on any atom is 0.319 e. The van der Waals surface area contributed by atoms with E-state index in [1.807, 2.05) is 6.92 Å². The van der Waals surface area contributed by atoms with Crippen LogP contribution in [0.5, 0.6) is 0 Å². The molecular weight excluding hydrogens is 304 g/mol. The number of esters is 1. The van der Waals surface area contributed by atoms with Crippen molar-refractivity contribution in [2.24, 2.45) is 5.41 Å². The van der Waals surface area contributed by atoms with Gasteiger partial charge in [0.05, 0.1) is 7.11 Å². The number of ether oxygens (including phenoxy) is 1. The van der Waals surface area contributed by atoms with E-state index in [1.54, 1.807) is 6.92 Å². The van der Waals surface area contributed by atoms with E-state index in [2.05, 4.69) is 26.0 Å². The molecule has 1 unspecified atom stereocenters. The van der Waals surface area contributed by atoms with E-state index in [4.69, 9.17) is 4.74 Å². The van der Waals surface area contributed by atoms with Crippen molar-refractivity contribution in [2.75, 3.05) is 7.11 Å². The van der Waals surface area contributed by atoms with E-state index in [1.165, 1.54) is 19.6 Å². The normalized spacial score (nSPS) is 13.8. The molecule has 0 radical (unpaired) electrons. The Hall–Kier alpha value is -1.71. The van der Waals surface area contributed by atoms with Crippen LogP contribution in [0, 0.1) is 5.41 Å². The quantitative estimate of drug-likeness (QED) is 0.240. The number of Topliss-reactive ketones (excluding diaryl/α,β-unsaturated/α-hetero) is 2. The summed E-state index contributed by atoms with van der Waals surface area (Å²) in [7, 11) is 1.29. The van der Waals surface area contributed by atoms with Crippen molar-refractivity contribution in [3.05, 3.63) is 23.3 Å². The van der Waals surface area contributed by atoms with Gasteiger partial charge in [0.1, 0.15) is 17.0 Å². The third kappa shape index (κ3) is 7.24. The number of unbranched alkanes of at least 4 members (excludes halogenated alkanes) is 1. The molecule has 0 N–H and O–H groups in total. The molecule has 4 heteroatoms. The number of methoxy groups -OCH3 is 1. The number of allylic oxidation sites excluding steroid dienone is 4. The molecule has 0 amide bonds. The SMILES string of the molecule is CCC(=O)C(CCC(C)=O)(C/C(C)=C/CCC=C(C)C)C(=O)OC. The maximum absolute atomic E-state index is 12.6. The lowest BCUT2D eigenvalue weighted by atomic mass is 9.73. The average molecular weight is 336 g/mol. The fraction of sp³-hybridized carbons (Fsp3) is 0.650. The minimum absolute atomic E-state index is 0.0302. The molecule has 24 heavy (non-hydrogen) atoms. The van der Waals surface area contributed by atoms with Crippen LogP contribution in [0.15, 0.2) is 23.3 Å². The smallest absolute Gasteiger partial charge is 0.319 e. The molecular formula is C20H32O4. The zero-order chi connectivity index (χ0) is 18.8. The minimum Gasteiger partial charge on any atom is -0.468 e. The Labute approximate surface area is 146 Å². The summed E-state index contributed by atoms with van der Waals surface area (Å²) in [5, 5.41) is 0. The van der Waals surface area contributed by atoms with Crippen LogP contribution < -0.4 is 0 Å². The summed E-state index contributed by atoms with van der Waals surface area (Å²) in [6, 6.07) is 0. The molecule has 0 aliphatic carbocycles. The highest BCUT2D eigenvalue weighted by atomic mass is 16.5. The predicted octanol–water partition coefficient (Wildman–Crippen LogP) is 4.58. The topological polar surface area (TPSA) is 60.4 Å². The first-order valence-corrected chi connectivity index (χ1v) is 8.59. The number of hydrogen-bond donors (Lipinski definition) is 0. The molecule has 0 saturated heterocycles. The van der Waals surface area contributed by atoms with Crippen molar-refractivity contribution in [3.8, 4) is 0 Å². The van der Waals surface area contributed by atoms with Crippen LogP contribution in [0.1, 0.15) is 73.1 Å². The van der Waals surface area contributed by atoms with Crippen LogP contribution in [0.3, 0.4) is 0 Å². The number of hydrogen-bond acceptors (Lipinski definition) is 4. The van der Waals surface area contributed by atoms with Gasteiger partial charge in [-0.25, -0.2) is 0 Å². The van der Waals surface area contributed by atoms with Crippen molar-refractivity contribution >= 4 is 17.5 Å². The Morgan fingerprint density at radius 2 is 1.58 bits per heavy atom. The summed E-state index contributed by atoms with van der Waals surface area (Å²) < 4.78 is 4.92. The molecule has 0 rings (SSSR count). The van der Waals surface area contributed by atoms with Crippen LogP contribution in [0.25, 0.3) is 0 Å². The van der Waals surface area contributed by atoms with E-state index in [-0.39, 0.29) is 30.8 Å². The van der Waals surface area contributed by atoms with Gasteiger partial charge >= 0.3 is 5.97 Å². The molecule has 0 fully saturated rings. The van der Waals surface area contributed by atoms with Gasteiger partial charge in [-0.15, -0.1) is 0 Å². The van der Waals surface area contributed by atoms with Gasteiger partial charge in [0.15, 0.2) is 0 Å². The zero-order valence-electron chi connectivity index (χ0n) is 16.0. The largest absolute Gasteiger partial charge is 0.468 e. The van der Waals surface area contributed by atoms with Gasteiger partial charge in [0, 0.05) is 12.8 Å². The Morgan fingerprint density at radius 3 is 2.04 bits per heavy atom. The van der Waals surface area contributed by atoms with Crippen LogP contribution in [0.4, 0.5) is 0 Å². The number of rotatable bonds is 11. The van der Waals surface area contributed by atoms with Gasteiger partial charge in [-0.05, 0) is 53.4 Å². The first-order valence-electron chi connectivity index (χ1n) is 8.59. The lowest BCUT2D eigenvalue weighted by Crippen LogP contribution is -2.41. The number of ketones is 2. The van der Waals surface area contributed by atoms with Crippen LogP contribution in [-0.2, 0) is 19.1 Å². The Bertz CT molecular complexity index is 492. The Morgan fingerprint density at radius 1 is 1.00 bits per heavy atom. The number of carbonyl (C=O) groups excluding carboxylic acids is 3. The van der Waals surface area contributed by atoms with Gasteiger partial charge in [-0.2, -0.15) is 0 Å². The van der Waals surface area contributed by atoms with Crippen LogP contribution >= 0.6 is 0 Å². The third-order valence-corrected chi connectivity index (χ3v) is 4.13. The number of carbonyl (C=O) groups is 3. The van der Waals surface area contributed by atoms with Crippen LogP contribution in [0.2, 0.25) is 0 Å². The first kappa shape index (κ1) is 22.3. The fourth-order valence-electron chi connectivity index (χ4n) is 2.79. The van der Waals surface area contributed by atoms with E-state index in [9.17, 15) is 14.4 Å². The summed E-state index contributed by atoms with van der Waals surface area (Å²) in [6.45, 7) is 9.25. The van der Waals surface area contributed by atoms with E-state index in [0.717, 1.165) is 18.4 Å². The fourth-order valence-corrected chi connectivity index (χ4v) is 2.79. The molecule has 0 aromatic carbocycles. The summed E-state index contributed by atoms with van der Waals surface area (Å²) in [4.78, 5) is 36.4. The molecule has 0 aromatic heterocycles. The van der Waals surface area contributed by atoms with Crippen LogP contribution in [-0.4, -0.2) is 24.6 Å². The second-order valence-electron chi connectivity index (χ2n) is 6.64.